The smallest absolute Gasteiger partial charge is 0.268 e. The molecule has 0 aromatic rings. The zero-order valence-corrected chi connectivity index (χ0v) is 7.28. The Bertz CT molecular complexity index is 183. The summed E-state index contributed by atoms with van der Waals surface area (Å²) in [5, 5.41) is 8.13. The van der Waals surface area contributed by atoms with Gasteiger partial charge in [0.2, 0.25) is 0 Å². The molecule has 0 amide bonds. The van der Waals surface area contributed by atoms with Gasteiger partial charge in [-0.05, 0) is 6.08 Å². The molecule has 3 N–H and O–H groups in total. The van der Waals surface area contributed by atoms with Gasteiger partial charge in [0.15, 0.2) is 0 Å². The molecule has 0 rings (SSSR count). The molecule has 7 heteroatoms. The number of aliphatic hydroxyl groups is 1. The molecule has 1 atom stereocenters. The number of nitrogens with two attached hydrogens (primary N) is 1. The van der Waals surface area contributed by atoms with Crippen molar-refractivity contribution in [2.75, 3.05) is 19.8 Å². The van der Waals surface area contributed by atoms with Gasteiger partial charge in [0.1, 0.15) is 0 Å². The van der Waals surface area contributed by atoms with Crippen LogP contribution in [0.15, 0.2) is 12.3 Å². The molecule has 0 saturated carbocycles. The Kier molecular flexibility index (Phi) is 5.96. The van der Waals surface area contributed by atoms with E-state index >= 15 is 0 Å². The third-order valence-corrected chi connectivity index (χ3v) is 1.77. The summed E-state index contributed by atoms with van der Waals surface area (Å²) in [5.41, 5.74) is 5.00. The fourth-order valence-electron chi connectivity index (χ4n) is 0.379. The highest BCUT2D eigenvalue weighted by molar-refractivity contribution is 7.45. The molecule has 6 nitrogen and oxygen atoms in total. The molecular weight excluding hydrogens is 185 g/mol. The Hall–Kier alpha value is -0.390. The molecule has 0 fully saturated rings. The molecular formula is C5H11NO5P-. The second kappa shape index (κ2) is 6.16. The molecule has 0 heterocycles. The lowest BCUT2D eigenvalue weighted by molar-refractivity contribution is -0.224. The quantitative estimate of drug-likeness (QED) is 0.439. The molecule has 0 aromatic carbocycles. The van der Waals surface area contributed by atoms with Crippen LogP contribution in [0.4, 0.5) is 0 Å². The lowest BCUT2D eigenvalue weighted by Gasteiger charge is -2.21. The first-order chi connectivity index (χ1) is 5.62. The molecule has 0 saturated heterocycles. The highest BCUT2D eigenvalue weighted by atomic mass is 31.2. The van der Waals surface area contributed by atoms with Crippen LogP contribution in [0.1, 0.15) is 0 Å². The van der Waals surface area contributed by atoms with Gasteiger partial charge in [0.05, 0.1) is 19.5 Å². The van der Waals surface area contributed by atoms with Crippen LogP contribution in [-0.2, 0) is 13.6 Å². The van der Waals surface area contributed by atoms with Crippen LogP contribution in [0.2, 0.25) is 0 Å². The van der Waals surface area contributed by atoms with Crippen LogP contribution >= 0.6 is 7.82 Å². The van der Waals surface area contributed by atoms with Crippen LogP contribution in [0.25, 0.3) is 0 Å². The van der Waals surface area contributed by atoms with E-state index in [-0.39, 0.29) is 19.8 Å². The zero-order valence-electron chi connectivity index (χ0n) is 6.38. The first-order valence-corrected chi connectivity index (χ1v) is 4.68. The van der Waals surface area contributed by atoms with Crippen molar-refractivity contribution in [2.24, 2.45) is 5.73 Å². The topological polar surface area (TPSA) is 105 Å². The van der Waals surface area contributed by atoms with Crippen molar-refractivity contribution in [3.05, 3.63) is 12.3 Å². The second-order valence-electron chi connectivity index (χ2n) is 1.75. The van der Waals surface area contributed by atoms with E-state index < -0.39 is 7.82 Å². The average Bonchev–Trinajstić information content (AvgIpc) is 2.01. The minimum absolute atomic E-state index is 0.103. The van der Waals surface area contributed by atoms with Crippen LogP contribution in [0, 0.1) is 0 Å². The summed E-state index contributed by atoms with van der Waals surface area (Å²) in [6.07, 6.45) is 1.80. The van der Waals surface area contributed by atoms with E-state index in [1.165, 1.54) is 0 Å². The lowest BCUT2D eigenvalue weighted by Crippen LogP contribution is -2.14. The van der Waals surface area contributed by atoms with Crippen LogP contribution in [0.5, 0.6) is 0 Å². The monoisotopic (exact) mass is 196 g/mol. The van der Waals surface area contributed by atoms with Gasteiger partial charge in [0.25, 0.3) is 7.82 Å². The molecule has 0 bridgehead atoms. The number of rotatable bonds is 6. The highest BCUT2D eigenvalue weighted by Gasteiger charge is 2.06. The van der Waals surface area contributed by atoms with Crippen molar-refractivity contribution in [3.8, 4) is 0 Å². The number of hydrogen-bond acceptors (Lipinski definition) is 6. The van der Waals surface area contributed by atoms with Crippen molar-refractivity contribution in [2.45, 2.75) is 0 Å². The minimum atomic E-state index is -4.23. The summed E-state index contributed by atoms with van der Waals surface area (Å²) in [6.45, 7) is -0.253. The normalized spacial score (nSPS) is 16.5. The first kappa shape index (κ1) is 11.6. The summed E-state index contributed by atoms with van der Waals surface area (Å²) in [6, 6.07) is 0. The summed E-state index contributed by atoms with van der Waals surface area (Å²) < 4.78 is 19.2. The summed E-state index contributed by atoms with van der Waals surface area (Å²) in [7, 11) is -4.23. The molecule has 0 aliphatic heterocycles. The van der Waals surface area contributed by atoms with Gasteiger partial charge >= 0.3 is 0 Å². The highest BCUT2D eigenvalue weighted by Crippen LogP contribution is 2.37. The summed E-state index contributed by atoms with van der Waals surface area (Å²) in [4.78, 5) is 10.7. The molecule has 0 aliphatic carbocycles. The van der Waals surface area contributed by atoms with Gasteiger partial charge in [0, 0.05) is 6.54 Å². The van der Waals surface area contributed by atoms with Gasteiger partial charge in [-0.2, -0.15) is 0 Å². The first-order valence-electron chi connectivity index (χ1n) is 3.22. The third-order valence-electron chi connectivity index (χ3n) is 0.802. The summed E-state index contributed by atoms with van der Waals surface area (Å²) >= 11 is 0. The van der Waals surface area contributed by atoms with Crippen molar-refractivity contribution >= 4 is 7.82 Å². The zero-order chi connectivity index (χ0) is 9.45. The largest absolute Gasteiger partial charge is 0.756 e. The predicted octanol–water partition coefficient (Wildman–Crippen LogP) is -0.482. The minimum Gasteiger partial charge on any atom is -0.756 e. The maximum absolute atomic E-state index is 10.7. The Labute approximate surface area is 70.2 Å². The average molecular weight is 196 g/mol. The molecule has 0 radical (unpaired) electrons. The van der Waals surface area contributed by atoms with E-state index in [2.05, 4.69) is 9.05 Å². The van der Waals surface area contributed by atoms with Crippen molar-refractivity contribution in [3.63, 3.8) is 0 Å². The number of aliphatic hydroxyl groups excluding tert-OH is 1. The molecule has 0 aromatic heterocycles. The van der Waals surface area contributed by atoms with Crippen LogP contribution in [0.3, 0.4) is 0 Å². The van der Waals surface area contributed by atoms with Crippen LogP contribution < -0.4 is 10.6 Å². The molecule has 0 spiro atoms. The van der Waals surface area contributed by atoms with Gasteiger partial charge in [-0.3, -0.25) is 4.57 Å². The summed E-state index contributed by atoms with van der Waals surface area (Å²) in [5.74, 6) is 0. The maximum atomic E-state index is 10.7. The Morgan fingerprint density at radius 3 is 2.75 bits per heavy atom. The van der Waals surface area contributed by atoms with E-state index in [4.69, 9.17) is 10.8 Å². The van der Waals surface area contributed by atoms with E-state index in [0.717, 1.165) is 6.08 Å². The molecule has 0 aliphatic rings. The van der Waals surface area contributed by atoms with Crippen molar-refractivity contribution < 1.29 is 23.6 Å². The Morgan fingerprint density at radius 1 is 1.58 bits per heavy atom. The third kappa shape index (κ3) is 6.33. The number of phosphoric ester groups is 1. The van der Waals surface area contributed by atoms with Crippen LogP contribution in [-0.4, -0.2) is 24.9 Å². The van der Waals surface area contributed by atoms with Gasteiger partial charge in [-0.25, -0.2) is 0 Å². The fourth-order valence-corrected chi connectivity index (χ4v) is 1.05. The number of hydrogen-bond donors (Lipinski definition) is 2. The molecule has 1 unspecified atom stereocenters. The van der Waals surface area contributed by atoms with Crippen molar-refractivity contribution in [1.82, 2.24) is 0 Å². The van der Waals surface area contributed by atoms with Gasteiger partial charge in [-0.1, -0.05) is 0 Å². The maximum Gasteiger partial charge on any atom is 0.268 e. The van der Waals surface area contributed by atoms with Crippen molar-refractivity contribution in [1.29, 1.82) is 0 Å². The number of phosphoric acid groups is 1. The van der Waals surface area contributed by atoms with Gasteiger partial charge < -0.3 is 24.8 Å². The van der Waals surface area contributed by atoms with Gasteiger partial charge in [-0.15, -0.1) is 0 Å². The predicted molar refractivity (Wildman–Crippen MR) is 40.3 cm³/mol. The Morgan fingerprint density at radius 2 is 2.25 bits per heavy atom. The Balaban J connectivity index is 3.63. The van der Waals surface area contributed by atoms with E-state index in [0.29, 0.717) is 6.26 Å². The second-order valence-corrected chi connectivity index (χ2v) is 3.16. The van der Waals surface area contributed by atoms with E-state index in [1.54, 1.807) is 0 Å². The van der Waals surface area contributed by atoms with E-state index in [1.807, 2.05) is 0 Å². The fraction of sp³-hybridized carbons (Fsp3) is 0.600. The molecule has 72 valence electrons. The van der Waals surface area contributed by atoms with E-state index in [9.17, 15) is 9.46 Å². The standard InChI is InChI=1S/C5H12NO5P/c6-2-5-11-12(8,9)10-4-1-3-7/h1,3,7H,2,4-6H2,(H,8,9)/p-1/b3-1+. The lowest BCUT2D eigenvalue weighted by atomic mass is 10.7. The SMILES string of the molecule is NCCOP(=O)([O-])OC/C=C/O. The molecule has 12 heavy (non-hydrogen) atoms.